The molecule has 118 heavy (non-hydrogen) atoms. The van der Waals surface area contributed by atoms with Crippen molar-refractivity contribution in [3.05, 3.63) is 182 Å². The molecule has 0 aromatic heterocycles. The lowest BCUT2D eigenvalue weighted by molar-refractivity contribution is -0.147. The summed E-state index contributed by atoms with van der Waals surface area (Å²) in [6.45, 7) is 17.6. The molecule has 6 aromatic rings. The van der Waals surface area contributed by atoms with Gasteiger partial charge in [0.15, 0.2) is 0 Å². The Hall–Kier alpha value is -6.66. The largest absolute Gasteiger partial charge is 0.494 e. The Morgan fingerprint density at radius 2 is 0.788 bits per heavy atom. The summed E-state index contributed by atoms with van der Waals surface area (Å²) >= 11 is 0. The zero-order valence-electron chi connectivity index (χ0n) is 75.2. The summed E-state index contributed by atoms with van der Waals surface area (Å²) in [7, 11) is 0. The minimum absolute atomic E-state index is 0.135. The molecule has 0 spiro atoms. The van der Waals surface area contributed by atoms with Gasteiger partial charge in [0.05, 0.1) is 13.2 Å². The number of esters is 2. The van der Waals surface area contributed by atoms with E-state index in [1.54, 1.807) is 0 Å². The number of carbonyl (C=O) groups is 2. The Bertz CT molecular complexity index is 4170. The molecule has 6 nitrogen and oxygen atoms in total. The highest BCUT2D eigenvalue weighted by molar-refractivity contribution is 5.83. The number of ether oxygens (including phenoxy) is 4. The Labute approximate surface area is 716 Å². The molecule has 6 aliphatic rings. The molecule has 0 amide bonds. The highest BCUT2D eigenvalue weighted by atomic mass is 16.5. The molecular weight excluding hydrogens is 1440 g/mol. The van der Waals surface area contributed by atoms with E-state index < -0.39 is 6.10 Å². The Morgan fingerprint density at radius 3 is 1.27 bits per heavy atom. The monoisotopic (exact) mass is 1600 g/mol. The van der Waals surface area contributed by atoms with Crippen molar-refractivity contribution in [2.24, 2.45) is 41.4 Å². The number of carbonyl (C=O) groups excluding carboxylic acids is 2. The second kappa shape index (κ2) is 48.8. The van der Waals surface area contributed by atoms with Crippen molar-refractivity contribution in [1.82, 2.24) is 0 Å². The van der Waals surface area contributed by atoms with Gasteiger partial charge in [-0.3, -0.25) is 9.59 Å². The van der Waals surface area contributed by atoms with Crippen molar-refractivity contribution in [3.63, 3.8) is 0 Å². The molecule has 642 valence electrons. The van der Waals surface area contributed by atoms with Crippen molar-refractivity contribution in [3.8, 4) is 28.4 Å². The van der Waals surface area contributed by atoms with Gasteiger partial charge in [-0.1, -0.05) is 325 Å². The van der Waals surface area contributed by atoms with Gasteiger partial charge in [0.25, 0.3) is 0 Å². The van der Waals surface area contributed by atoms with E-state index in [1.165, 1.54) is 277 Å². The SMILES string of the molecule is CCCCCC1CCC(c2ccc(OCCCCCCCCCCCC(=O)Oc3ccc4c(c3C3=c5ccc(-c6ccc(C7CCC(CCCCC)CC7)cc6)cc5=CC(C)C3OC(=O)CCCCCCC(C)COc3ccc(C5CCC(CCCCC)CC5)cc3)=CC(C)C(c3ccc(C5CCC(CCCCC)CC5)cc3)C=4)cc2)CC1. The van der Waals surface area contributed by atoms with Crippen LogP contribution in [0.5, 0.6) is 17.2 Å². The summed E-state index contributed by atoms with van der Waals surface area (Å²) < 4.78 is 26.4. The van der Waals surface area contributed by atoms with Gasteiger partial charge in [-0.15, -0.1) is 0 Å². The van der Waals surface area contributed by atoms with Crippen molar-refractivity contribution in [2.45, 2.75) is 392 Å². The lowest BCUT2D eigenvalue weighted by atomic mass is 9.76. The van der Waals surface area contributed by atoms with Crippen LogP contribution in [0.2, 0.25) is 0 Å². The minimum atomic E-state index is -0.607. The molecular formula is C112H158O6. The molecule has 0 heterocycles. The second-order valence-corrected chi connectivity index (χ2v) is 38.7. The topological polar surface area (TPSA) is 71.1 Å². The molecule has 4 fully saturated rings. The third-order valence-corrected chi connectivity index (χ3v) is 29.5. The maximum absolute atomic E-state index is 14.7. The maximum Gasteiger partial charge on any atom is 0.311 e. The first-order valence-electron chi connectivity index (χ1n) is 49.7. The van der Waals surface area contributed by atoms with Crippen molar-refractivity contribution < 1.29 is 28.5 Å². The Balaban J connectivity index is 0.708. The fraction of sp³-hybridized carbons (Fsp3) is 0.625. The molecule has 0 saturated heterocycles. The standard InChI is InChI=1S/C112H158O6/c1-8-12-25-34-85-40-48-89(49-41-85)93-56-58-97(59-57-93)99-68-74-104-101(79-99)77-84(7)112(118-109(114)39-31-23-22-29-33-82(5)81-116-103-72-66-96(67-73-103)92-54-46-88(47-55-92)37-28-15-11-4)111(104)110-106-78-83(6)105(98-62-60-94(61-63-98)90-50-42-86(43-51-90)35-26-13-9-2)80-100(106)69-75-107(110)117-108(113)38-30-21-19-17-16-18-20-24-32-76-115-102-70-64-95(65-71-102)91-52-44-87(45-53-91)36-27-14-10-3/h56-75,77-80,82-92,105,112H,8-55,76,81H2,1-7H3. The molecule has 5 atom stereocenters. The van der Waals surface area contributed by atoms with E-state index >= 15 is 0 Å². The quantitative estimate of drug-likeness (QED) is 0.0215. The summed E-state index contributed by atoms with van der Waals surface area (Å²) in [6.07, 6.45) is 65.6. The predicted molar refractivity (Wildman–Crippen MR) is 498 cm³/mol. The van der Waals surface area contributed by atoms with Crippen LogP contribution in [0, 0.1) is 41.4 Å². The number of rotatable bonds is 48. The molecule has 0 aliphatic heterocycles. The van der Waals surface area contributed by atoms with Crippen molar-refractivity contribution in [2.75, 3.05) is 13.2 Å². The van der Waals surface area contributed by atoms with Gasteiger partial charge in [-0.25, -0.2) is 0 Å². The molecule has 12 rings (SSSR count). The smallest absolute Gasteiger partial charge is 0.311 e. The molecule has 6 aromatic carbocycles. The first-order valence-corrected chi connectivity index (χ1v) is 49.7. The summed E-state index contributed by atoms with van der Waals surface area (Å²) in [5.41, 5.74) is 11.5. The fourth-order valence-corrected chi connectivity index (χ4v) is 21.9. The summed E-state index contributed by atoms with van der Waals surface area (Å²) in [6, 6.07) is 48.5. The van der Waals surface area contributed by atoms with E-state index in [-0.39, 0.29) is 29.7 Å². The average molecular weight is 1600 g/mol. The van der Waals surface area contributed by atoms with Crippen LogP contribution >= 0.6 is 0 Å². The van der Waals surface area contributed by atoms with Gasteiger partial charge in [-0.2, -0.15) is 0 Å². The predicted octanol–water partition coefficient (Wildman–Crippen LogP) is 29.2. The molecule has 6 aliphatic carbocycles. The zero-order chi connectivity index (χ0) is 82.1. The Kier molecular flexibility index (Phi) is 37.5. The highest BCUT2D eigenvalue weighted by Crippen LogP contribution is 2.44. The van der Waals surface area contributed by atoms with E-state index in [9.17, 15) is 9.59 Å². The first kappa shape index (κ1) is 90.6. The van der Waals surface area contributed by atoms with E-state index in [2.05, 4.69) is 194 Å². The molecule has 0 radical (unpaired) electrons. The molecule has 6 heteroatoms. The van der Waals surface area contributed by atoms with E-state index in [0.29, 0.717) is 54.8 Å². The summed E-state index contributed by atoms with van der Waals surface area (Å²) in [5.74, 6) is 9.03. The van der Waals surface area contributed by atoms with Crippen LogP contribution in [0.15, 0.2) is 127 Å². The summed E-state index contributed by atoms with van der Waals surface area (Å²) in [5, 5.41) is 4.33. The number of benzene rings is 6. The zero-order valence-corrected chi connectivity index (χ0v) is 75.2. The average Bonchev–Trinajstić information content (AvgIpc) is 0.735. The van der Waals surface area contributed by atoms with Crippen molar-refractivity contribution in [1.29, 1.82) is 0 Å². The Morgan fingerprint density at radius 1 is 0.373 bits per heavy atom. The van der Waals surface area contributed by atoms with Crippen LogP contribution in [-0.2, 0) is 14.3 Å². The maximum atomic E-state index is 14.7. The fourth-order valence-electron chi connectivity index (χ4n) is 21.9. The number of unbranched alkanes of at least 4 members (excludes halogenated alkanes) is 19. The van der Waals surface area contributed by atoms with Gasteiger partial charge in [0.2, 0.25) is 0 Å². The molecule has 5 unspecified atom stereocenters. The van der Waals surface area contributed by atoms with Crippen LogP contribution < -0.4 is 35.1 Å². The summed E-state index contributed by atoms with van der Waals surface area (Å²) in [4.78, 5) is 29.4. The lowest BCUT2D eigenvalue weighted by Crippen LogP contribution is -2.45. The number of fused-ring (bicyclic) bond motifs is 2. The van der Waals surface area contributed by atoms with Gasteiger partial charge in [-0.05, 0) is 284 Å². The number of hydrogen-bond donors (Lipinski definition) is 0. The van der Waals surface area contributed by atoms with Crippen molar-refractivity contribution >= 4 is 35.7 Å². The molecule has 4 saturated carbocycles. The highest BCUT2D eigenvalue weighted by Gasteiger charge is 2.35. The van der Waals surface area contributed by atoms with Gasteiger partial charge in [0.1, 0.15) is 23.4 Å². The second-order valence-electron chi connectivity index (χ2n) is 38.7. The van der Waals surface area contributed by atoms with Gasteiger partial charge < -0.3 is 18.9 Å². The van der Waals surface area contributed by atoms with Gasteiger partial charge >= 0.3 is 11.9 Å². The first-order chi connectivity index (χ1) is 57.9. The van der Waals surface area contributed by atoms with Crippen LogP contribution in [0.4, 0.5) is 0 Å². The van der Waals surface area contributed by atoms with Crippen LogP contribution in [0.3, 0.4) is 0 Å². The van der Waals surface area contributed by atoms with Gasteiger partial charge in [0, 0.05) is 35.8 Å². The molecule has 0 N–H and O–H groups in total. The van der Waals surface area contributed by atoms with Crippen LogP contribution in [0.25, 0.3) is 34.9 Å². The van der Waals surface area contributed by atoms with Crippen LogP contribution in [-0.4, -0.2) is 31.3 Å². The number of hydrogen-bond acceptors (Lipinski definition) is 6. The normalized spacial score (nSPS) is 23.4. The minimum Gasteiger partial charge on any atom is -0.494 e. The van der Waals surface area contributed by atoms with Crippen LogP contribution in [0.1, 0.15) is 420 Å². The molecule has 0 bridgehead atoms. The van der Waals surface area contributed by atoms with E-state index in [4.69, 9.17) is 18.9 Å². The third-order valence-electron chi connectivity index (χ3n) is 29.5. The lowest BCUT2D eigenvalue weighted by Gasteiger charge is -2.31. The van der Waals surface area contributed by atoms with E-state index in [1.807, 2.05) is 0 Å². The third kappa shape index (κ3) is 27.4. The van der Waals surface area contributed by atoms with E-state index in [0.717, 1.165) is 132 Å².